The van der Waals surface area contributed by atoms with Crippen LogP contribution in [-0.4, -0.2) is 36.6 Å². The molecule has 8 heteroatoms. The zero-order valence-electron chi connectivity index (χ0n) is 32.7. The van der Waals surface area contributed by atoms with E-state index in [1.54, 1.807) is 11.3 Å². The Balaban J connectivity index is 1.01. The number of benzene rings is 7. The second kappa shape index (κ2) is 13.2. The smallest absolute Gasteiger partial charge is 0.221 e. The summed E-state index contributed by atoms with van der Waals surface area (Å²) >= 11 is 1.75. The highest BCUT2D eigenvalue weighted by molar-refractivity contribution is 7.25. The minimum atomic E-state index is -2.76. The maximum atomic E-state index is 5.37. The van der Waals surface area contributed by atoms with Crippen LogP contribution in [0.5, 0.6) is 0 Å². The van der Waals surface area contributed by atoms with Gasteiger partial charge in [-0.2, -0.15) is 0 Å². The number of imidazole rings is 2. The lowest BCUT2D eigenvalue weighted by Crippen LogP contribution is -2.74. The van der Waals surface area contributed by atoms with Gasteiger partial charge >= 0.3 is 0 Å². The summed E-state index contributed by atoms with van der Waals surface area (Å²) in [6.07, 6.45) is 4.05. The highest BCUT2D eigenvalue weighted by Crippen LogP contribution is 2.38. The molecule has 13 rings (SSSR count). The van der Waals surface area contributed by atoms with Crippen LogP contribution >= 0.6 is 11.3 Å². The molecule has 0 atom stereocenters. The molecule has 6 nitrogen and oxygen atoms in total. The van der Waals surface area contributed by atoms with Crippen LogP contribution in [-0.2, 0) is 0 Å². The minimum Gasteiger partial charge on any atom is -0.294 e. The Labute approximate surface area is 354 Å². The first-order chi connectivity index (χ1) is 30.3. The fourth-order valence-corrected chi connectivity index (χ4v) is 15.7. The third-order valence-corrected chi connectivity index (χ3v) is 18.4. The lowest BCUT2D eigenvalue weighted by Gasteiger charge is -2.34. The van der Waals surface area contributed by atoms with Crippen molar-refractivity contribution in [3.63, 3.8) is 0 Å². The Kier molecular flexibility index (Phi) is 7.39. The largest absolute Gasteiger partial charge is 0.294 e. The molecule has 0 saturated heterocycles. The third-order valence-electron chi connectivity index (χ3n) is 12.5. The van der Waals surface area contributed by atoms with Gasteiger partial charge in [-0.05, 0) is 69.3 Å². The van der Waals surface area contributed by atoms with Gasteiger partial charge in [0.15, 0.2) is 8.07 Å². The molecule has 0 aliphatic rings. The molecule has 0 fully saturated rings. The van der Waals surface area contributed by atoms with E-state index in [-0.39, 0.29) is 0 Å². The summed E-state index contributed by atoms with van der Waals surface area (Å²) in [5, 5.41) is 10.0. The lowest BCUT2D eigenvalue weighted by atomic mass is 10.2. The van der Waals surface area contributed by atoms with E-state index in [9.17, 15) is 0 Å². The zero-order valence-corrected chi connectivity index (χ0v) is 34.5. The van der Waals surface area contributed by atoms with Crippen LogP contribution < -0.4 is 20.7 Å². The standard InChI is InChI=1S/C53H34N6SSi/c1-4-16-35(17-5-1)61(36-18-6-2-7-19-36,37-20-8-3-9-21-37)38-28-29-43-48(30-38)58-46-26-14-15-27-47(46)59(53(58)56-43)52-32-49-42(33-54-52)41-31-51(55-34-50(41)60-49)57-44-24-12-10-22-39(44)40-23-11-13-25-45(40)57/h1-34H. The molecular formula is C53H34N6SSi. The van der Waals surface area contributed by atoms with Crippen LogP contribution in [0.25, 0.3) is 81.5 Å². The van der Waals surface area contributed by atoms with Gasteiger partial charge < -0.3 is 0 Å². The van der Waals surface area contributed by atoms with E-state index in [1.165, 1.54) is 31.5 Å². The number of hydrogen-bond donors (Lipinski definition) is 0. The first kappa shape index (κ1) is 34.2. The van der Waals surface area contributed by atoms with Crippen LogP contribution in [0.1, 0.15) is 0 Å². The van der Waals surface area contributed by atoms with Crippen molar-refractivity contribution in [1.29, 1.82) is 0 Å². The van der Waals surface area contributed by atoms with Crippen LogP contribution in [0.4, 0.5) is 0 Å². The molecule has 13 aromatic rings. The number of pyridine rings is 2. The van der Waals surface area contributed by atoms with E-state index in [0.29, 0.717) is 0 Å². The number of nitrogens with zero attached hydrogens (tertiary/aromatic N) is 6. The van der Waals surface area contributed by atoms with E-state index in [1.807, 2.05) is 12.4 Å². The van der Waals surface area contributed by atoms with Gasteiger partial charge in [-0.3, -0.25) is 13.5 Å². The highest BCUT2D eigenvalue weighted by atomic mass is 32.1. The van der Waals surface area contributed by atoms with Gasteiger partial charge in [-0.25, -0.2) is 15.0 Å². The SMILES string of the molecule is c1ccc([Si](c2ccccc2)(c2ccccc2)c2ccc3nc4n(-c5cc6sc7cnc(-n8c9ccccc9c9ccccc98)cc7c6cn5)c5ccccc5n4c3c2)cc1. The number of hydrogen-bond acceptors (Lipinski definition) is 4. The number of thiophene rings is 1. The molecule has 0 spiro atoms. The van der Waals surface area contributed by atoms with Gasteiger partial charge in [0.2, 0.25) is 5.78 Å². The molecule has 7 aromatic carbocycles. The molecule has 0 unspecified atom stereocenters. The molecule has 286 valence electrons. The third kappa shape index (κ3) is 4.91. The Bertz CT molecular complexity index is 3680. The van der Waals surface area contributed by atoms with Gasteiger partial charge in [-0.15, -0.1) is 11.3 Å². The van der Waals surface area contributed by atoms with E-state index in [4.69, 9.17) is 15.0 Å². The second-order valence-electron chi connectivity index (χ2n) is 15.7. The molecule has 0 bridgehead atoms. The molecule has 0 saturated carbocycles. The molecule has 6 heterocycles. The van der Waals surface area contributed by atoms with Crippen molar-refractivity contribution in [1.82, 2.24) is 28.5 Å². The lowest BCUT2D eigenvalue weighted by molar-refractivity contribution is 1.05. The van der Waals surface area contributed by atoms with E-state index in [0.717, 1.165) is 70.7 Å². The average molecular weight is 815 g/mol. The molecule has 6 aromatic heterocycles. The van der Waals surface area contributed by atoms with Crippen LogP contribution in [0.2, 0.25) is 0 Å². The Morgan fingerprint density at radius 1 is 0.377 bits per heavy atom. The minimum absolute atomic E-state index is 0.831. The summed E-state index contributed by atoms with van der Waals surface area (Å²) in [7, 11) is -2.76. The molecular weight excluding hydrogens is 781 g/mol. The Hall–Kier alpha value is -7.65. The van der Waals surface area contributed by atoms with Crippen molar-refractivity contribution in [2.75, 3.05) is 0 Å². The second-order valence-corrected chi connectivity index (χ2v) is 20.6. The van der Waals surface area contributed by atoms with E-state index >= 15 is 0 Å². The monoisotopic (exact) mass is 814 g/mol. The van der Waals surface area contributed by atoms with Gasteiger partial charge in [0.05, 0.1) is 37.8 Å². The van der Waals surface area contributed by atoms with E-state index in [2.05, 4.69) is 208 Å². The van der Waals surface area contributed by atoms with Crippen LogP contribution in [0.15, 0.2) is 207 Å². The highest BCUT2D eigenvalue weighted by Gasteiger charge is 2.41. The van der Waals surface area contributed by atoms with Crippen molar-refractivity contribution >= 4 is 110 Å². The van der Waals surface area contributed by atoms with Crippen LogP contribution in [0.3, 0.4) is 0 Å². The predicted molar refractivity (Wildman–Crippen MR) is 256 cm³/mol. The maximum Gasteiger partial charge on any atom is 0.221 e. The Morgan fingerprint density at radius 3 is 1.56 bits per heavy atom. The molecule has 0 N–H and O–H groups in total. The first-order valence-electron chi connectivity index (χ1n) is 20.5. The van der Waals surface area contributed by atoms with Gasteiger partial charge in [0.1, 0.15) is 11.6 Å². The predicted octanol–water partition coefficient (Wildman–Crippen LogP) is 10.1. The number of para-hydroxylation sites is 4. The topological polar surface area (TPSA) is 52.9 Å². The number of rotatable bonds is 6. The fraction of sp³-hybridized carbons (Fsp3) is 0. The molecule has 0 amide bonds. The van der Waals surface area contributed by atoms with Crippen molar-refractivity contribution in [2.45, 2.75) is 0 Å². The normalized spacial score (nSPS) is 12.3. The van der Waals surface area contributed by atoms with Gasteiger partial charge in [-0.1, -0.05) is 146 Å². The molecule has 61 heavy (non-hydrogen) atoms. The summed E-state index contributed by atoms with van der Waals surface area (Å²) in [4.78, 5) is 15.6. The summed E-state index contributed by atoms with van der Waals surface area (Å²) in [6, 6.07) is 70.4. The maximum absolute atomic E-state index is 5.37. The van der Waals surface area contributed by atoms with E-state index < -0.39 is 8.07 Å². The number of fused-ring (bicyclic) bond motifs is 11. The quantitative estimate of drug-likeness (QED) is 0.124. The van der Waals surface area contributed by atoms with Gasteiger partial charge in [0, 0.05) is 38.6 Å². The average Bonchev–Trinajstić information content (AvgIpc) is 4.07. The number of aromatic nitrogens is 6. The Morgan fingerprint density at radius 2 is 0.918 bits per heavy atom. The summed E-state index contributed by atoms with van der Waals surface area (Å²) in [5.74, 6) is 2.56. The summed E-state index contributed by atoms with van der Waals surface area (Å²) in [6.45, 7) is 0. The van der Waals surface area contributed by atoms with Crippen LogP contribution in [0, 0.1) is 0 Å². The van der Waals surface area contributed by atoms with Crippen molar-refractivity contribution < 1.29 is 0 Å². The van der Waals surface area contributed by atoms with Crippen molar-refractivity contribution in [3.05, 3.63) is 207 Å². The van der Waals surface area contributed by atoms with Gasteiger partial charge in [0.25, 0.3) is 0 Å². The zero-order chi connectivity index (χ0) is 40.1. The molecule has 0 radical (unpaired) electrons. The summed E-state index contributed by atoms with van der Waals surface area (Å²) < 4.78 is 9.10. The molecule has 0 aliphatic heterocycles. The fourth-order valence-electron chi connectivity index (χ4n) is 9.89. The van der Waals surface area contributed by atoms with Crippen molar-refractivity contribution in [2.24, 2.45) is 0 Å². The van der Waals surface area contributed by atoms with Crippen molar-refractivity contribution in [3.8, 4) is 11.6 Å². The first-order valence-corrected chi connectivity index (χ1v) is 23.3. The molecule has 0 aliphatic carbocycles. The summed E-state index contributed by atoms with van der Waals surface area (Å²) in [5.41, 5.74) is 6.45.